The zero-order valence-electron chi connectivity index (χ0n) is 16.0. The van der Waals surface area contributed by atoms with Gasteiger partial charge in [0, 0.05) is 18.7 Å². The number of nitrogens with one attached hydrogen (secondary N) is 2. The maximum atomic E-state index is 12.1. The molecule has 2 rings (SSSR count). The number of benzene rings is 2. The number of ether oxygens (including phenoxy) is 2. The molecule has 0 atom stereocenters. The second kappa shape index (κ2) is 9.82. The molecule has 0 aliphatic heterocycles. The highest BCUT2D eigenvalue weighted by molar-refractivity contribution is 5.91. The van der Waals surface area contributed by atoms with Crippen molar-refractivity contribution in [3.8, 4) is 11.5 Å². The van der Waals surface area contributed by atoms with E-state index in [1.165, 1.54) is 0 Å². The van der Waals surface area contributed by atoms with E-state index in [1.807, 2.05) is 50.2 Å². The van der Waals surface area contributed by atoms with Gasteiger partial charge in [0.05, 0.1) is 14.2 Å². The van der Waals surface area contributed by atoms with Gasteiger partial charge in [0.15, 0.2) is 11.5 Å². The molecular weight excluding hydrogens is 328 g/mol. The molecule has 0 fully saturated rings. The first-order chi connectivity index (χ1) is 12.5. The second-order valence-electron chi connectivity index (χ2n) is 6.31. The number of hydrogen-bond acceptors (Lipinski definition) is 4. The summed E-state index contributed by atoms with van der Waals surface area (Å²) in [5, 5.41) is 6.29. The molecule has 0 aliphatic rings. The van der Waals surface area contributed by atoms with E-state index in [1.54, 1.807) is 14.2 Å². The Bertz CT molecular complexity index is 744. The second-order valence-corrected chi connectivity index (χ2v) is 6.31. The lowest BCUT2D eigenvalue weighted by atomic mass is 10.1. The Balaban J connectivity index is 1.72. The van der Waals surface area contributed by atoms with Gasteiger partial charge >= 0.3 is 0 Å². The summed E-state index contributed by atoms with van der Waals surface area (Å²) in [6.07, 6.45) is 1.30. The van der Waals surface area contributed by atoms with Gasteiger partial charge in [-0.15, -0.1) is 0 Å². The van der Waals surface area contributed by atoms with Crippen LogP contribution in [0, 0.1) is 13.8 Å². The summed E-state index contributed by atoms with van der Waals surface area (Å²) in [5.74, 6) is 1.49. The molecular formula is C21H28N2O3. The van der Waals surface area contributed by atoms with Crippen LogP contribution in [0.15, 0.2) is 36.4 Å². The fourth-order valence-corrected chi connectivity index (χ4v) is 2.68. The van der Waals surface area contributed by atoms with Crippen LogP contribution in [-0.2, 0) is 11.2 Å². The first kappa shape index (κ1) is 19.8. The van der Waals surface area contributed by atoms with Crippen LogP contribution in [-0.4, -0.2) is 33.2 Å². The average Bonchev–Trinajstić information content (AvgIpc) is 2.64. The van der Waals surface area contributed by atoms with Crippen molar-refractivity contribution in [1.29, 1.82) is 0 Å². The van der Waals surface area contributed by atoms with Crippen LogP contribution in [0.4, 0.5) is 5.69 Å². The lowest BCUT2D eigenvalue weighted by Crippen LogP contribution is -2.23. The first-order valence-electron chi connectivity index (χ1n) is 8.82. The minimum atomic E-state index is 0.0253. The normalized spacial score (nSPS) is 10.5. The van der Waals surface area contributed by atoms with Gasteiger partial charge in [-0.3, -0.25) is 4.79 Å². The number of anilines is 1. The van der Waals surface area contributed by atoms with E-state index in [-0.39, 0.29) is 5.91 Å². The smallest absolute Gasteiger partial charge is 0.225 e. The summed E-state index contributed by atoms with van der Waals surface area (Å²) < 4.78 is 10.6. The highest BCUT2D eigenvalue weighted by Gasteiger charge is 2.06. The van der Waals surface area contributed by atoms with Crippen LogP contribution in [0.3, 0.4) is 0 Å². The van der Waals surface area contributed by atoms with Gasteiger partial charge in [-0.05, 0) is 61.7 Å². The molecule has 0 spiro atoms. The monoisotopic (exact) mass is 356 g/mol. The maximum Gasteiger partial charge on any atom is 0.225 e. The SMILES string of the molecule is COc1ccc(CCNCCC(=O)Nc2cc(C)ccc2C)cc1OC. The van der Waals surface area contributed by atoms with E-state index in [2.05, 4.69) is 10.6 Å². The average molecular weight is 356 g/mol. The standard InChI is InChI=1S/C21H28N2O3/c1-15-5-6-16(2)18(13-15)23-21(24)10-12-22-11-9-17-7-8-19(25-3)20(14-17)26-4/h5-8,13-14,22H,9-12H2,1-4H3,(H,23,24). The zero-order chi connectivity index (χ0) is 18.9. The lowest BCUT2D eigenvalue weighted by Gasteiger charge is -2.11. The van der Waals surface area contributed by atoms with Crippen LogP contribution < -0.4 is 20.1 Å². The van der Waals surface area contributed by atoms with Crippen LogP contribution in [0.5, 0.6) is 11.5 Å². The van der Waals surface area contributed by atoms with Crippen molar-refractivity contribution in [2.75, 3.05) is 32.6 Å². The number of hydrogen-bond donors (Lipinski definition) is 2. The summed E-state index contributed by atoms with van der Waals surface area (Å²) >= 11 is 0. The van der Waals surface area contributed by atoms with Crippen molar-refractivity contribution in [3.05, 3.63) is 53.1 Å². The van der Waals surface area contributed by atoms with E-state index in [4.69, 9.17) is 9.47 Å². The van der Waals surface area contributed by atoms with Crippen LogP contribution in [0.1, 0.15) is 23.1 Å². The Kier molecular flexibility index (Phi) is 7.48. The summed E-state index contributed by atoms with van der Waals surface area (Å²) in [6, 6.07) is 12.0. The van der Waals surface area contributed by atoms with Crippen molar-refractivity contribution in [1.82, 2.24) is 5.32 Å². The van der Waals surface area contributed by atoms with E-state index >= 15 is 0 Å². The Morgan fingerprint density at radius 1 is 0.962 bits per heavy atom. The topological polar surface area (TPSA) is 59.6 Å². The zero-order valence-corrected chi connectivity index (χ0v) is 16.0. The summed E-state index contributed by atoms with van der Waals surface area (Å²) in [5.41, 5.74) is 4.26. The molecule has 0 aromatic heterocycles. The van der Waals surface area contributed by atoms with Crippen molar-refractivity contribution in [3.63, 3.8) is 0 Å². The van der Waals surface area contributed by atoms with Gasteiger partial charge in [0.25, 0.3) is 0 Å². The number of carbonyl (C=O) groups excluding carboxylic acids is 1. The van der Waals surface area contributed by atoms with Gasteiger partial charge in [-0.25, -0.2) is 0 Å². The molecule has 1 amide bonds. The molecule has 2 aromatic carbocycles. The Labute approximate surface area is 155 Å². The number of carbonyl (C=O) groups is 1. The lowest BCUT2D eigenvalue weighted by molar-refractivity contribution is -0.116. The fraction of sp³-hybridized carbons (Fsp3) is 0.381. The molecule has 2 aromatic rings. The predicted octanol–water partition coefficient (Wildman–Crippen LogP) is 3.48. The Morgan fingerprint density at radius 3 is 2.46 bits per heavy atom. The number of amides is 1. The van der Waals surface area contributed by atoms with Gasteiger partial charge in [0.2, 0.25) is 5.91 Å². The Morgan fingerprint density at radius 2 is 1.73 bits per heavy atom. The molecule has 2 N–H and O–H groups in total. The van der Waals surface area contributed by atoms with Crippen molar-refractivity contribution < 1.29 is 14.3 Å². The number of methoxy groups -OCH3 is 2. The fourth-order valence-electron chi connectivity index (χ4n) is 2.68. The van der Waals surface area contributed by atoms with E-state index in [0.29, 0.717) is 13.0 Å². The van der Waals surface area contributed by atoms with E-state index in [9.17, 15) is 4.79 Å². The molecule has 0 unspecified atom stereocenters. The first-order valence-corrected chi connectivity index (χ1v) is 8.82. The molecule has 140 valence electrons. The van der Waals surface area contributed by atoms with Gasteiger partial charge in [0.1, 0.15) is 0 Å². The summed E-state index contributed by atoms with van der Waals surface area (Å²) in [4.78, 5) is 12.1. The molecule has 5 heteroatoms. The largest absolute Gasteiger partial charge is 0.493 e. The van der Waals surface area contributed by atoms with Crippen LogP contribution >= 0.6 is 0 Å². The molecule has 5 nitrogen and oxygen atoms in total. The quantitative estimate of drug-likeness (QED) is 0.676. The molecule has 0 saturated carbocycles. The predicted molar refractivity (Wildman–Crippen MR) is 105 cm³/mol. The van der Waals surface area contributed by atoms with Gasteiger partial charge in [-0.2, -0.15) is 0 Å². The van der Waals surface area contributed by atoms with E-state index in [0.717, 1.165) is 46.8 Å². The highest BCUT2D eigenvalue weighted by Crippen LogP contribution is 2.27. The molecule has 0 aliphatic carbocycles. The van der Waals surface area contributed by atoms with Crippen LogP contribution in [0.25, 0.3) is 0 Å². The molecule has 0 radical (unpaired) electrons. The van der Waals surface area contributed by atoms with Gasteiger partial charge < -0.3 is 20.1 Å². The Hall–Kier alpha value is -2.53. The number of aryl methyl sites for hydroxylation is 2. The maximum absolute atomic E-state index is 12.1. The summed E-state index contributed by atoms with van der Waals surface area (Å²) in [7, 11) is 3.26. The van der Waals surface area contributed by atoms with Crippen molar-refractivity contribution in [2.24, 2.45) is 0 Å². The molecule has 26 heavy (non-hydrogen) atoms. The third kappa shape index (κ3) is 5.77. The van der Waals surface area contributed by atoms with E-state index < -0.39 is 0 Å². The molecule has 0 heterocycles. The third-order valence-electron chi connectivity index (χ3n) is 4.23. The molecule has 0 saturated heterocycles. The summed E-state index contributed by atoms with van der Waals surface area (Å²) in [6.45, 7) is 5.46. The van der Waals surface area contributed by atoms with Gasteiger partial charge in [-0.1, -0.05) is 18.2 Å². The molecule has 0 bridgehead atoms. The number of rotatable bonds is 9. The minimum Gasteiger partial charge on any atom is -0.493 e. The minimum absolute atomic E-state index is 0.0253. The highest BCUT2D eigenvalue weighted by atomic mass is 16.5. The van der Waals surface area contributed by atoms with Crippen molar-refractivity contribution >= 4 is 11.6 Å². The third-order valence-corrected chi connectivity index (χ3v) is 4.23. The van der Waals surface area contributed by atoms with Crippen molar-refractivity contribution in [2.45, 2.75) is 26.7 Å². The van der Waals surface area contributed by atoms with Crippen LogP contribution in [0.2, 0.25) is 0 Å².